The van der Waals surface area contributed by atoms with Crippen LogP contribution in [-0.4, -0.2) is 33.8 Å². The average Bonchev–Trinajstić information content (AvgIpc) is 3.47. The normalized spacial score (nSPS) is 11.1. The van der Waals surface area contributed by atoms with Crippen molar-refractivity contribution in [2.45, 2.75) is 46.6 Å². The van der Waals surface area contributed by atoms with E-state index in [-0.39, 0.29) is 5.91 Å². The third-order valence-electron chi connectivity index (χ3n) is 5.50. The third kappa shape index (κ3) is 5.60. The summed E-state index contributed by atoms with van der Waals surface area (Å²) in [6.07, 6.45) is 6.94. The molecule has 0 bridgehead atoms. The van der Waals surface area contributed by atoms with Crippen molar-refractivity contribution >= 4 is 32.6 Å². The van der Waals surface area contributed by atoms with Crippen molar-refractivity contribution in [2.75, 3.05) is 18.1 Å². The first kappa shape index (κ1) is 23.0. The summed E-state index contributed by atoms with van der Waals surface area (Å²) in [7, 11) is 0. The smallest absolute Gasteiger partial charge is 0.260 e. The van der Waals surface area contributed by atoms with Crippen LogP contribution in [0.15, 0.2) is 54.9 Å². The molecule has 4 aromatic rings. The number of aromatic nitrogens is 3. The number of ether oxygens (including phenoxy) is 1. The van der Waals surface area contributed by atoms with Crippen LogP contribution < -0.4 is 9.64 Å². The summed E-state index contributed by atoms with van der Waals surface area (Å²) in [5.74, 6) is 0.634. The molecule has 33 heavy (non-hydrogen) atoms. The molecule has 0 aliphatic carbocycles. The van der Waals surface area contributed by atoms with Gasteiger partial charge in [-0.1, -0.05) is 43.2 Å². The molecule has 0 saturated carbocycles. The zero-order chi connectivity index (χ0) is 23.2. The highest BCUT2D eigenvalue weighted by molar-refractivity contribution is 7.22. The van der Waals surface area contributed by atoms with Gasteiger partial charge in [-0.15, -0.1) is 0 Å². The van der Waals surface area contributed by atoms with E-state index in [2.05, 4.69) is 38.0 Å². The largest absolute Gasteiger partial charge is 0.494 e. The zero-order valence-electron chi connectivity index (χ0n) is 19.5. The fourth-order valence-corrected chi connectivity index (χ4v) is 4.98. The highest BCUT2D eigenvalue weighted by Crippen LogP contribution is 2.32. The number of anilines is 1. The minimum absolute atomic E-state index is 0.0883. The molecule has 0 saturated heterocycles. The second-order valence-corrected chi connectivity index (χ2v) is 9.24. The van der Waals surface area contributed by atoms with Gasteiger partial charge in [0.1, 0.15) is 5.75 Å². The summed E-state index contributed by atoms with van der Waals surface area (Å²) in [6.45, 7) is 8.03. The van der Waals surface area contributed by atoms with Gasteiger partial charge in [0.15, 0.2) is 5.13 Å². The van der Waals surface area contributed by atoms with Crippen LogP contribution in [0, 0.1) is 13.8 Å². The third-order valence-corrected chi connectivity index (χ3v) is 6.53. The summed E-state index contributed by atoms with van der Waals surface area (Å²) < 4.78 is 8.80. The standard InChI is InChI=1S/C26H30N4O2S/c1-4-5-6-15-32-22-10-7-9-21(18-22)25(31)30(14-13-29-12-8-11-27-29)26-28-24-20(3)16-19(2)17-23(24)33-26/h7-12,16-18H,4-6,13-15H2,1-3H3. The van der Waals surface area contributed by atoms with Gasteiger partial charge in [0, 0.05) is 24.5 Å². The molecule has 0 radical (unpaired) electrons. The molecular formula is C26H30N4O2S. The van der Waals surface area contributed by atoms with Crippen LogP contribution in [0.4, 0.5) is 5.13 Å². The van der Waals surface area contributed by atoms with E-state index in [1.54, 1.807) is 22.4 Å². The van der Waals surface area contributed by atoms with E-state index < -0.39 is 0 Å². The number of aryl methyl sites for hydroxylation is 2. The van der Waals surface area contributed by atoms with Crippen molar-refractivity contribution in [3.05, 3.63) is 71.5 Å². The fraction of sp³-hybridized carbons (Fsp3) is 0.346. The van der Waals surface area contributed by atoms with E-state index in [0.717, 1.165) is 40.8 Å². The molecule has 4 rings (SSSR count). The monoisotopic (exact) mass is 462 g/mol. The Morgan fingerprint density at radius 2 is 2.03 bits per heavy atom. The minimum Gasteiger partial charge on any atom is -0.494 e. The molecule has 2 heterocycles. The van der Waals surface area contributed by atoms with E-state index in [9.17, 15) is 4.79 Å². The average molecular weight is 463 g/mol. The van der Waals surface area contributed by atoms with E-state index in [0.29, 0.717) is 30.4 Å². The number of benzene rings is 2. The predicted octanol–water partition coefficient (Wildman–Crippen LogP) is 6.03. The van der Waals surface area contributed by atoms with Crippen molar-refractivity contribution in [3.63, 3.8) is 0 Å². The molecule has 7 heteroatoms. The molecule has 2 aromatic heterocycles. The summed E-state index contributed by atoms with van der Waals surface area (Å²) >= 11 is 1.55. The van der Waals surface area contributed by atoms with Gasteiger partial charge in [-0.2, -0.15) is 5.10 Å². The summed E-state index contributed by atoms with van der Waals surface area (Å²) in [5, 5.41) is 4.99. The van der Waals surface area contributed by atoms with Crippen molar-refractivity contribution in [1.82, 2.24) is 14.8 Å². The Hall–Kier alpha value is -3.19. The van der Waals surface area contributed by atoms with Crippen LogP contribution >= 0.6 is 11.3 Å². The summed E-state index contributed by atoms with van der Waals surface area (Å²) in [4.78, 5) is 20.3. The van der Waals surface area contributed by atoms with Crippen molar-refractivity contribution in [1.29, 1.82) is 0 Å². The van der Waals surface area contributed by atoms with E-state index in [1.165, 1.54) is 5.56 Å². The highest BCUT2D eigenvalue weighted by atomic mass is 32.1. The molecule has 0 unspecified atom stereocenters. The van der Waals surface area contributed by atoms with Crippen molar-refractivity contribution < 1.29 is 9.53 Å². The van der Waals surface area contributed by atoms with Gasteiger partial charge < -0.3 is 4.74 Å². The SMILES string of the molecule is CCCCCOc1cccc(C(=O)N(CCn2cccn2)c2nc3c(C)cc(C)cc3s2)c1. The van der Waals surface area contributed by atoms with Gasteiger partial charge >= 0.3 is 0 Å². The first-order chi connectivity index (χ1) is 16.0. The quantitative estimate of drug-likeness (QED) is 0.270. The number of hydrogen-bond acceptors (Lipinski definition) is 5. The number of fused-ring (bicyclic) bond motifs is 1. The molecule has 6 nitrogen and oxygen atoms in total. The van der Waals surface area contributed by atoms with E-state index in [1.807, 2.05) is 41.2 Å². The molecule has 0 spiro atoms. The van der Waals surface area contributed by atoms with Gasteiger partial charge in [-0.05, 0) is 61.7 Å². The molecule has 2 aromatic carbocycles. The van der Waals surface area contributed by atoms with Crippen LogP contribution in [0.2, 0.25) is 0 Å². The van der Waals surface area contributed by atoms with Gasteiger partial charge in [0.05, 0.1) is 23.4 Å². The Bertz CT molecular complexity index is 1220. The number of hydrogen-bond donors (Lipinski definition) is 0. The number of carbonyl (C=O) groups excluding carboxylic acids is 1. The molecule has 0 aliphatic heterocycles. The van der Waals surface area contributed by atoms with Gasteiger partial charge in [-0.25, -0.2) is 4.98 Å². The van der Waals surface area contributed by atoms with Crippen LogP contribution in [0.25, 0.3) is 10.2 Å². The van der Waals surface area contributed by atoms with E-state index >= 15 is 0 Å². The molecule has 0 fully saturated rings. The molecule has 172 valence electrons. The predicted molar refractivity (Wildman–Crippen MR) is 134 cm³/mol. The second kappa shape index (κ2) is 10.6. The lowest BCUT2D eigenvalue weighted by atomic mass is 10.1. The van der Waals surface area contributed by atoms with E-state index in [4.69, 9.17) is 9.72 Å². The highest BCUT2D eigenvalue weighted by Gasteiger charge is 2.22. The van der Waals surface area contributed by atoms with Crippen LogP contribution in [-0.2, 0) is 6.54 Å². The topological polar surface area (TPSA) is 60.2 Å². The number of unbranched alkanes of at least 4 members (excludes halogenated alkanes) is 2. The van der Waals surface area contributed by atoms with Gasteiger partial charge in [-0.3, -0.25) is 14.4 Å². The molecule has 0 N–H and O–H groups in total. The maximum absolute atomic E-state index is 13.7. The minimum atomic E-state index is -0.0883. The van der Waals surface area contributed by atoms with Crippen LogP contribution in [0.3, 0.4) is 0 Å². The Kier molecular flexibility index (Phi) is 7.40. The Balaban J connectivity index is 1.62. The van der Waals surface area contributed by atoms with Gasteiger partial charge in [0.25, 0.3) is 5.91 Å². The second-order valence-electron chi connectivity index (χ2n) is 8.23. The van der Waals surface area contributed by atoms with Crippen LogP contribution in [0.1, 0.15) is 47.7 Å². The molecule has 0 aliphatic rings. The lowest BCUT2D eigenvalue weighted by Gasteiger charge is -2.20. The first-order valence-electron chi connectivity index (χ1n) is 11.4. The summed E-state index contributed by atoms with van der Waals surface area (Å²) in [6, 6.07) is 13.6. The number of amides is 1. The maximum atomic E-state index is 13.7. The molecule has 0 atom stereocenters. The Labute approximate surface area is 198 Å². The maximum Gasteiger partial charge on any atom is 0.260 e. The van der Waals surface area contributed by atoms with Gasteiger partial charge in [0.2, 0.25) is 0 Å². The number of rotatable bonds is 10. The molecular weight excluding hydrogens is 432 g/mol. The number of carbonyl (C=O) groups is 1. The lowest BCUT2D eigenvalue weighted by Crippen LogP contribution is -2.34. The Morgan fingerprint density at radius 1 is 1.15 bits per heavy atom. The van der Waals surface area contributed by atoms with Crippen LogP contribution in [0.5, 0.6) is 5.75 Å². The Morgan fingerprint density at radius 3 is 2.82 bits per heavy atom. The fourth-order valence-electron chi connectivity index (χ4n) is 3.81. The van der Waals surface area contributed by atoms with Crippen molar-refractivity contribution in [2.24, 2.45) is 0 Å². The lowest BCUT2D eigenvalue weighted by molar-refractivity contribution is 0.0985. The number of nitrogens with zero attached hydrogens (tertiary/aromatic N) is 4. The first-order valence-corrected chi connectivity index (χ1v) is 12.3. The summed E-state index contributed by atoms with van der Waals surface area (Å²) in [5.41, 5.74) is 3.85. The zero-order valence-corrected chi connectivity index (χ0v) is 20.3. The van der Waals surface area contributed by atoms with Crippen molar-refractivity contribution in [3.8, 4) is 5.75 Å². The number of thiazole rings is 1. The molecule has 1 amide bonds.